The van der Waals surface area contributed by atoms with Crippen LogP contribution in [0.2, 0.25) is 0 Å². The zero-order valence-corrected chi connectivity index (χ0v) is 18.6. The molecule has 2 fully saturated rings. The van der Waals surface area contributed by atoms with Gasteiger partial charge >= 0.3 is 0 Å². The molecule has 0 bridgehead atoms. The van der Waals surface area contributed by atoms with E-state index in [4.69, 9.17) is 14.2 Å². The lowest BCUT2D eigenvalue weighted by molar-refractivity contribution is -0.138. The van der Waals surface area contributed by atoms with Crippen molar-refractivity contribution in [2.45, 2.75) is 43.9 Å². The second kappa shape index (κ2) is 9.29. The van der Waals surface area contributed by atoms with E-state index in [1.54, 1.807) is 19.5 Å². The average Bonchev–Trinajstić information content (AvgIpc) is 3.12. The fourth-order valence-corrected chi connectivity index (χ4v) is 5.50. The number of morpholine rings is 1. The van der Waals surface area contributed by atoms with Crippen LogP contribution in [0.4, 0.5) is 0 Å². The molecule has 4 unspecified atom stereocenters. The Balaban J connectivity index is 1.39. The summed E-state index contributed by atoms with van der Waals surface area (Å²) in [4.78, 5) is 35.4. The van der Waals surface area contributed by atoms with Crippen LogP contribution in [0, 0.1) is 5.92 Å². The fraction of sp³-hybridized carbons (Fsp3) is 0.625. The van der Waals surface area contributed by atoms with Crippen molar-refractivity contribution in [3.8, 4) is 0 Å². The van der Waals surface area contributed by atoms with Crippen molar-refractivity contribution in [2.24, 2.45) is 5.92 Å². The molecular formula is C24H31N3O5. The highest BCUT2D eigenvalue weighted by molar-refractivity contribution is 6.11. The highest BCUT2D eigenvalue weighted by atomic mass is 16.5. The molecule has 8 heteroatoms. The third kappa shape index (κ3) is 3.95. The van der Waals surface area contributed by atoms with E-state index in [0.29, 0.717) is 18.5 Å². The molecule has 1 saturated carbocycles. The predicted molar refractivity (Wildman–Crippen MR) is 116 cm³/mol. The predicted octanol–water partition coefficient (Wildman–Crippen LogP) is 1.72. The van der Waals surface area contributed by atoms with Gasteiger partial charge in [0.2, 0.25) is 0 Å². The maximum atomic E-state index is 13.6. The first-order chi connectivity index (χ1) is 15.7. The van der Waals surface area contributed by atoms with Gasteiger partial charge in [0, 0.05) is 52.1 Å². The van der Waals surface area contributed by atoms with Crippen molar-refractivity contribution in [1.82, 2.24) is 14.8 Å². The van der Waals surface area contributed by atoms with Gasteiger partial charge in [-0.05, 0) is 37.0 Å². The zero-order chi connectivity index (χ0) is 22.1. The lowest BCUT2D eigenvalue weighted by Gasteiger charge is -2.38. The number of hydrogen-bond donors (Lipinski definition) is 0. The number of carbonyl (C=O) groups excluding carboxylic acids is 2. The quantitative estimate of drug-likeness (QED) is 0.665. The first-order valence-electron chi connectivity index (χ1n) is 11.7. The number of methoxy groups -OCH3 is 1. The summed E-state index contributed by atoms with van der Waals surface area (Å²) in [7, 11) is 1.69. The SMILES string of the molecule is COC1CCC2C(=O)C3=C(OC2C1)C(=O)N(CCCN1CCOCC1)C3c1ccncc1. The van der Waals surface area contributed by atoms with Gasteiger partial charge in [0.25, 0.3) is 5.91 Å². The van der Waals surface area contributed by atoms with Gasteiger partial charge < -0.3 is 19.1 Å². The Labute approximate surface area is 188 Å². The van der Waals surface area contributed by atoms with Crippen molar-refractivity contribution in [3.05, 3.63) is 41.4 Å². The summed E-state index contributed by atoms with van der Waals surface area (Å²) in [6.07, 6.45) is 6.27. The summed E-state index contributed by atoms with van der Waals surface area (Å²) < 4.78 is 17.2. The Morgan fingerprint density at radius 1 is 1.12 bits per heavy atom. The largest absolute Gasteiger partial charge is 0.483 e. The Morgan fingerprint density at radius 2 is 1.91 bits per heavy atom. The van der Waals surface area contributed by atoms with Crippen LogP contribution in [0.25, 0.3) is 0 Å². The van der Waals surface area contributed by atoms with Crippen LogP contribution in [-0.4, -0.2) is 85.2 Å². The Morgan fingerprint density at radius 3 is 2.66 bits per heavy atom. The molecule has 4 heterocycles. The summed E-state index contributed by atoms with van der Waals surface area (Å²) in [5.74, 6) is -0.0569. The van der Waals surface area contributed by atoms with Crippen molar-refractivity contribution >= 4 is 11.7 Å². The lowest BCUT2D eigenvalue weighted by atomic mass is 9.76. The number of ketones is 1. The fourth-order valence-electron chi connectivity index (χ4n) is 5.50. The zero-order valence-electron chi connectivity index (χ0n) is 18.6. The highest BCUT2D eigenvalue weighted by Crippen LogP contribution is 2.46. The molecule has 0 aromatic carbocycles. The van der Waals surface area contributed by atoms with Crippen molar-refractivity contribution in [1.29, 1.82) is 0 Å². The molecule has 1 saturated heterocycles. The monoisotopic (exact) mass is 441 g/mol. The van der Waals surface area contributed by atoms with E-state index in [-0.39, 0.29) is 35.6 Å². The normalized spacial score (nSPS) is 30.8. The maximum Gasteiger partial charge on any atom is 0.290 e. The van der Waals surface area contributed by atoms with E-state index in [1.807, 2.05) is 17.0 Å². The second-order valence-electron chi connectivity index (χ2n) is 9.03. The highest BCUT2D eigenvalue weighted by Gasteiger charge is 2.52. The third-order valence-corrected chi connectivity index (χ3v) is 7.23. The van der Waals surface area contributed by atoms with E-state index in [2.05, 4.69) is 9.88 Å². The van der Waals surface area contributed by atoms with Gasteiger partial charge in [-0.3, -0.25) is 19.5 Å². The number of aromatic nitrogens is 1. The number of Topliss-reactive ketones (excluding diaryl/α,β-unsaturated/α-hetero) is 1. The Hall–Kier alpha value is -2.29. The molecular weight excluding hydrogens is 410 g/mol. The standard InChI is InChI=1S/C24H31N3O5/c1-30-17-3-4-18-19(15-17)32-23-20(22(18)28)21(16-5-7-25-8-6-16)27(24(23)29)10-2-9-26-11-13-31-14-12-26/h5-8,17-19,21H,2-4,9-15H2,1H3. The molecule has 1 aromatic rings. The number of nitrogens with zero attached hydrogens (tertiary/aromatic N) is 3. The molecule has 32 heavy (non-hydrogen) atoms. The minimum Gasteiger partial charge on any atom is -0.483 e. The molecule has 172 valence electrons. The van der Waals surface area contributed by atoms with Gasteiger partial charge in [-0.2, -0.15) is 0 Å². The number of rotatable bonds is 6. The van der Waals surface area contributed by atoms with Crippen LogP contribution in [0.1, 0.15) is 37.3 Å². The van der Waals surface area contributed by atoms with Crippen molar-refractivity contribution in [3.63, 3.8) is 0 Å². The number of amides is 1. The molecule has 5 rings (SSSR count). The van der Waals surface area contributed by atoms with Gasteiger partial charge in [-0.15, -0.1) is 0 Å². The maximum absolute atomic E-state index is 13.6. The number of hydrogen-bond acceptors (Lipinski definition) is 7. The van der Waals surface area contributed by atoms with Gasteiger partial charge in [0.1, 0.15) is 6.10 Å². The summed E-state index contributed by atoms with van der Waals surface area (Å²) >= 11 is 0. The van der Waals surface area contributed by atoms with Gasteiger partial charge in [-0.25, -0.2) is 0 Å². The smallest absolute Gasteiger partial charge is 0.290 e. The minimum atomic E-state index is -0.404. The van der Waals surface area contributed by atoms with Crippen LogP contribution in [0.15, 0.2) is 35.9 Å². The van der Waals surface area contributed by atoms with Crippen molar-refractivity contribution < 1.29 is 23.8 Å². The average molecular weight is 442 g/mol. The molecule has 3 aliphatic heterocycles. The molecule has 0 radical (unpaired) electrons. The van der Waals surface area contributed by atoms with Crippen LogP contribution in [-0.2, 0) is 23.8 Å². The van der Waals surface area contributed by atoms with Crippen LogP contribution < -0.4 is 0 Å². The number of ether oxygens (including phenoxy) is 3. The number of pyridine rings is 1. The molecule has 1 amide bonds. The topological polar surface area (TPSA) is 81.2 Å². The van der Waals surface area contributed by atoms with Gasteiger partial charge in [0.05, 0.1) is 36.9 Å². The minimum absolute atomic E-state index is 0.0663. The molecule has 0 N–H and O–H groups in total. The van der Waals surface area contributed by atoms with E-state index >= 15 is 0 Å². The van der Waals surface area contributed by atoms with Gasteiger partial charge in [0.15, 0.2) is 11.5 Å². The molecule has 8 nitrogen and oxygen atoms in total. The Bertz CT molecular complexity index is 883. The summed E-state index contributed by atoms with van der Waals surface area (Å²) in [6.45, 7) is 4.82. The molecule has 4 aliphatic rings. The van der Waals surface area contributed by atoms with E-state index in [0.717, 1.165) is 57.7 Å². The summed E-state index contributed by atoms with van der Waals surface area (Å²) in [5.41, 5.74) is 1.44. The summed E-state index contributed by atoms with van der Waals surface area (Å²) in [5, 5.41) is 0. The molecule has 1 aliphatic carbocycles. The number of fused-ring (bicyclic) bond motifs is 1. The summed E-state index contributed by atoms with van der Waals surface area (Å²) in [6, 6.07) is 3.38. The van der Waals surface area contributed by atoms with E-state index in [1.165, 1.54) is 0 Å². The number of carbonyl (C=O) groups is 2. The van der Waals surface area contributed by atoms with Crippen LogP contribution in [0.3, 0.4) is 0 Å². The lowest BCUT2D eigenvalue weighted by Crippen LogP contribution is -2.43. The van der Waals surface area contributed by atoms with Gasteiger partial charge in [-0.1, -0.05) is 0 Å². The Kier molecular flexibility index (Phi) is 6.26. The van der Waals surface area contributed by atoms with E-state index in [9.17, 15) is 9.59 Å². The molecule has 1 aromatic heterocycles. The molecule has 0 spiro atoms. The first-order valence-corrected chi connectivity index (χ1v) is 11.7. The first kappa shape index (κ1) is 21.6. The van der Waals surface area contributed by atoms with E-state index < -0.39 is 6.04 Å². The third-order valence-electron chi connectivity index (χ3n) is 7.23. The van der Waals surface area contributed by atoms with Crippen LogP contribution in [0.5, 0.6) is 0 Å². The van der Waals surface area contributed by atoms with Crippen molar-refractivity contribution in [2.75, 3.05) is 46.5 Å². The second-order valence-corrected chi connectivity index (χ2v) is 9.03. The van der Waals surface area contributed by atoms with Crippen LogP contribution >= 0.6 is 0 Å². The molecule has 4 atom stereocenters.